The molecule has 32 heavy (non-hydrogen) atoms. The SMILES string of the molecule is COc1ccccc1C(=O)Nc1ccc2c(c1)C[C@@H](C(=O)NCc1ccc(F)cc1)CO2. The van der Waals surface area contributed by atoms with E-state index in [0.29, 0.717) is 35.7 Å². The third kappa shape index (κ3) is 4.88. The van der Waals surface area contributed by atoms with E-state index >= 15 is 0 Å². The van der Waals surface area contributed by atoms with Crippen molar-refractivity contribution >= 4 is 17.5 Å². The lowest BCUT2D eigenvalue weighted by molar-refractivity contribution is -0.126. The Labute approximate surface area is 185 Å². The lowest BCUT2D eigenvalue weighted by Crippen LogP contribution is -2.37. The summed E-state index contributed by atoms with van der Waals surface area (Å²) in [6.07, 6.45) is 0.489. The molecule has 0 bridgehead atoms. The molecule has 1 atom stereocenters. The van der Waals surface area contributed by atoms with Gasteiger partial charge < -0.3 is 20.1 Å². The predicted molar refractivity (Wildman–Crippen MR) is 118 cm³/mol. The molecule has 1 heterocycles. The van der Waals surface area contributed by atoms with E-state index in [9.17, 15) is 14.0 Å². The summed E-state index contributed by atoms with van der Waals surface area (Å²) in [5, 5.41) is 5.75. The first-order valence-electron chi connectivity index (χ1n) is 10.3. The van der Waals surface area contributed by atoms with Crippen LogP contribution in [0.2, 0.25) is 0 Å². The first-order valence-corrected chi connectivity index (χ1v) is 10.3. The maximum absolute atomic E-state index is 13.0. The van der Waals surface area contributed by atoms with Gasteiger partial charge in [0, 0.05) is 12.2 Å². The topological polar surface area (TPSA) is 76.7 Å². The average Bonchev–Trinajstić information content (AvgIpc) is 2.83. The van der Waals surface area contributed by atoms with E-state index in [1.165, 1.54) is 19.2 Å². The number of hydrogen-bond acceptors (Lipinski definition) is 4. The summed E-state index contributed by atoms with van der Waals surface area (Å²) >= 11 is 0. The van der Waals surface area contributed by atoms with Crippen LogP contribution in [0.5, 0.6) is 11.5 Å². The second kappa shape index (κ2) is 9.51. The number of fused-ring (bicyclic) bond motifs is 1. The summed E-state index contributed by atoms with van der Waals surface area (Å²) in [5.74, 6) is 0.0947. The number of nitrogens with one attached hydrogen (secondary N) is 2. The molecule has 0 aliphatic carbocycles. The van der Waals surface area contributed by atoms with E-state index in [1.54, 1.807) is 48.5 Å². The first kappa shape index (κ1) is 21.4. The zero-order valence-corrected chi connectivity index (χ0v) is 17.6. The summed E-state index contributed by atoms with van der Waals surface area (Å²) in [5.41, 5.74) is 2.70. The second-order valence-electron chi connectivity index (χ2n) is 7.53. The second-order valence-corrected chi connectivity index (χ2v) is 7.53. The molecule has 164 valence electrons. The molecule has 4 rings (SSSR count). The molecule has 2 N–H and O–H groups in total. The fraction of sp³-hybridized carbons (Fsp3) is 0.200. The molecule has 1 aliphatic heterocycles. The number of benzene rings is 3. The minimum Gasteiger partial charge on any atom is -0.496 e. The summed E-state index contributed by atoms with van der Waals surface area (Å²) in [6.45, 7) is 0.590. The van der Waals surface area contributed by atoms with Crippen LogP contribution in [0.4, 0.5) is 10.1 Å². The zero-order chi connectivity index (χ0) is 22.5. The lowest BCUT2D eigenvalue weighted by atomic mass is 9.95. The van der Waals surface area contributed by atoms with E-state index in [0.717, 1.165) is 11.1 Å². The summed E-state index contributed by atoms with van der Waals surface area (Å²) in [7, 11) is 1.52. The molecule has 3 aromatic rings. The van der Waals surface area contributed by atoms with Gasteiger partial charge in [-0.15, -0.1) is 0 Å². The summed E-state index contributed by atoms with van der Waals surface area (Å²) in [4.78, 5) is 25.3. The van der Waals surface area contributed by atoms with Crippen LogP contribution in [-0.2, 0) is 17.8 Å². The smallest absolute Gasteiger partial charge is 0.259 e. The Hall–Kier alpha value is -3.87. The molecular formula is C25H23FN2O4. The molecule has 0 aromatic heterocycles. The van der Waals surface area contributed by atoms with Crippen molar-refractivity contribution in [3.8, 4) is 11.5 Å². The molecule has 0 unspecified atom stereocenters. The Bertz CT molecular complexity index is 1130. The van der Waals surface area contributed by atoms with E-state index in [-0.39, 0.29) is 30.2 Å². The molecule has 0 spiro atoms. The number of halogens is 1. The molecule has 7 heteroatoms. The lowest BCUT2D eigenvalue weighted by Gasteiger charge is -2.25. The Morgan fingerprint density at radius 1 is 1.09 bits per heavy atom. The van der Waals surface area contributed by atoms with Crippen LogP contribution in [0.3, 0.4) is 0 Å². The maximum Gasteiger partial charge on any atom is 0.259 e. The predicted octanol–water partition coefficient (Wildman–Crippen LogP) is 3.95. The minimum absolute atomic E-state index is 0.136. The first-order chi connectivity index (χ1) is 15.5. The normalized spacial score (nSPS) is 14.6. The van der Waals surface area contributed by atoms with Crippen molar-refractivity contribution in [2.75, 3.05) is 19.0 Å². The number of rotatable bonds is 6. The fourth-order valence-corrected chi connectivity index (χ4v) is 3.61. The number of para-hydroxylation sites is 1. The Balaban J connectivity index is 1.40. The van der Waals surface area contributed by atoms with Crippen LogP contribution in [0, 0.1) is 11.7 Å². The van der Waals surface area contributed by atoms with Gasteiger partial charge in [0.1, 0.15) is 23.9 Å². The van der Waals surface area contributed by atoms with Gasteiger partial charge in [-0.3, -0.25) is 9.59 Å². The highest BCUT2D eigenvalue weighted by Gasteiger charge is 2.26. The quantitative estimate of drug-likeness (QED) is 0.616. The van der Waals surface area contributed by atoms with Crippen molar-refractivity contribution in [2.24, 2.45) is 5.92 Å². The maximum atomic E-state index is 13.0. The van der Waals surface area contributed by atoms with Crippen molar-refractivity contribution in [3.63, 3.8) is 0 Å². The standard InChI is InChI=1S/C25H23FN2O4/c1-31-23-5-3-2-4-21(23)25(30)28-20-10-11-22-17(13-20)12-18(15-32-22)24(29)27-14-16-6-8-19(26)9-7-16/h2-11,13,18H,12,14-15H2,1H3,(H,27,29)(H,28,30)/t18-/m1/s1. The van der Waals surface area contributed by atoms with Crippen LogP contribution in [0.1, 0.15) is 21.5 Å². The highest BCUT2D eigenvalue weighted by atomic mass is 19.1. The van der Waals surface area contributed by atoms with Gasteiger partial charge in [0.2, 0.25) is 5.91 Å². The van der Waals surface area contributed by atoms with Gasteiger partial charge >= 0.3 is 0 Å². The third-order valence-corrected chi connectivity index (χ3v) is 5.33. The van der Waals surface area contributed by atoms with Gasteiger partial charge in [-0.25, -0.2) is 4.39 Å². The summed E-state index contributed by atoms with van der Waals surface area (Å²) < 4.78 is 24.0. The fourth-order valence-electron chi connectivity index (χ4n) is 3.61. The van der Waals surface area contributed by atoms with Gasteiger partial charge in [0.15, 0.2) is 0 Å². The van der Waals surface area contributed by atoms with Gasteiger partial charge in [-0.05, 0) is 60.0 Å². The van der Waals surface area contributed by atoms with Crippen molar-refractivity contribution in [1.82, 2.24) is 5.32 Å². The molecule has 0 saturated heterocycles. The number of hydrogen-bond donors (Lipinski definition) is 2. The van der Waals surface area contributed by atoms with Crippen LogP contribution < -0.4 is 20.1 Å². The van der Waals surface area contributed by atoms with Crippen molar-refractivity contribution < 1.29 is 23.5 Å². The van der Waals surface area contributed by atoms with Gasteiger partial charge in [0.05, 0.1) is 18.6 Å². The van der Waals surface area contributed by atoms with E-state index < -0.39 is 0 Å². The number of carbonyl (C=O) groups excluding carboxylic acids is 2. The van der Waals surface area contributed by atoms with Crippen molar-refractivity contribution in [2.45, 2.75) is 13.0 Å². The monoisotopic (exact) mass is 434 g/mol. The number of amides is 2. The minimum atomic E-state index is -0.358. The number of carbonyl (C=O) groups is 2. The van der Waals surface area contributed by atoms with Gasteiger partial charge in [-0.2, -0.15) is 0 Å². The molecule has 6 nitrogen and oxygen atoms in total. The molecule has 3 aromatic carbocycles. The Morgan fingerprint density at radius 3 is 2.66 bits per heavy atom. The van der Waals surface area contributed by atoms with Crippen molar-refractivity contribution in [3.05, 3.63) is 89.2 Å². The van der Waals surface area contributed by atoms with Crippen LogP contribution in [-0.4, -0.2) is 25.5 Å². The molecule has 0 radical (unpaired) electrons. The van der Waals surface area contributed by atoms with E-state index in [2.05, 4.69) is 10.6 Å². The van der Waals surface area contributed by atoms with Crippen LogP contribution >= 0.6 is 0 Å². The highest BCUT2D eigenvalue weighted by molar-refractivity contribution is 6.06. The van der Waals surface area contributed by atoms with E-state index in [1.807, 2.05) is 6.07 Å². The number of ether oxygens (including phenoxy) is 2. The molecular weight excluding hydrogens is 411 g/mol. The number of anilines is 1. The highest BCUT2D eigenvalue weighted by Crippen LogP contribution is 2.30. The van der Waals surface area contributed by atoms with Crippen molar-refractivity contribution in [1.29, 1.82) is 0 Å². The third-order valence-electron chi connectivity index (χ3n) is 5.33. The largest absolute Gasteiger partial charge is 0.496 e. The van der Waals surface area contributed by atoms with Crippen LogP contribution in [0.15, 0.2) is 66.7 Å². The molecule has 1 aliphatic rings. The number of methoxy groups -OCH3 is 1. The van der Waals surface area contributed by atoms with Gasteiger partial charge in [0.25, 0.3) is 5.91 Å². The molecule has 0 fully saturated rings. The average molecular weight is 434 g/mol. The zero-order valence-electron chi connectivity index (χ0n) is 17.6. The van der Waals surface area contributed by atoms with E-state index in [4.69, 9.17) is 9.47 Å². The Morgan fingerprint density at radius 2 is 1.88 bits per heavy atom. The summed E-state index contributed by atoms with van der Waals surface area (Å²) in [6, 6.07) is 18.4. The molecule has 0 saturated carbocycles. The molecule has 2 amide bonds. The Kier molecular flexibility index (Phi) is 6.35. The van der Waals surface area contributed by atoms with Crippen LogP contribution in [0.25, 0.3) is 0 Å². The van der Waals surface area contributed by atoms with Gasteiger partial charge in [-0.1, -0.05) is 24.3 Å².